The second-order valence-corrected chi connectivity index (χ2v) is 12.3. The normalized spacial score (nSPS) is 22.2. The summed E-state index contributed by atoms with van der Waals surface area (Å²) in [5.74, 6) is 1.32. The lowest BCUT2D eigenvalue weighted by atomic mass is 9.99. The monoisotopic (exact) mass is 662 g/mol. The number of oxime groups is 1. The van der Waals surface area contributed by atoms with Gasteiger partial charge in [0.05, 0.1) is 39.9 Å². The summed E-state index contributed by atoms with van der Waals surface area (Å²) in [7, 11) is 1.53. The third-order valence-electron chi connectivity index (χ3n) is 7.99. The van der Waals surface area contributed by atoms with E-state index in [2.05, 4.69) is 31.1 Å². The Morgan fingerprint density at radius 3 is 2.51 bits per heavy atom. The van der Waals surface area contributed by atoms with Crippen molar-refractivity contribution in [3.05, 3.63) is 67.8 Å². The predicted molar refractivity (Wildman–Crippen MR) is 158 cm³/mol. The van der Waals surface area contributed by atoms with Gasteiger partial charge in [-0.1, -0.05) is 34.4 Å². The van der Waals surface area contributed by atoms with Crippen molar-refractivity contribution in [2.24, 2.45) is 10.9 Å². The van der Waals surface area contributed by atoms with E-state index in [4.69, 9.17) is 47.8 Å². The largest absolute Gasteiger partial charge is 0.496 e. The first kappa shape index (κ1) is 28.3. The van der Waals surface area contributed by atoms with Gasteiger partial charge in [0.15, 0.2) is 0 Å². The molecule has 1 aliphatic carbocycles. The molecule has 3 atom stereocenters. The number of fused-ring (bicyclic) bond motifs is 2. The molecule has 2 aliphatic heterocycles. The molecule has 1 saturated carbocycles. The third kappa shape index (κ3) is 5.80. The van der Waals surface area contributed by atoms with Crippen LogP contribution in [0.15, 0.2) is 50.5 Å². The lowest BCUT2D eigenvalue weighted by molar-refractivity contribution is -0.0127. The minimum Gasteiger partial charge on any atom is -0.496 e. The number of carbonyl (C=O) groups is 1. The fourth-order valence-corrected chi connectivity index (χ4v) is 6.85. The first-order chi connectivity index (χ1) is 19.8. The topological polar surface area (TPSA) is 112 Å². The van der Waals surface area contributed by atoms with Crippen LogP contribution in [-0.4, -0.2) is 47.3 Å². The van der Waals surface area contributed by atoms with Gasteiger partial charge >= 0.3 is 5.97 Å². The maximum Gasteiger partial charge on any atom is 0.366 e. The summed E-state index contributed by atoms with van der Waals surface area (Å²) in [6.07, 6.45) is 5.62. The number of nitrogens with two attached hydrogens (primary N) is 1. The molecule has 6 rings (SSSR count). The number of guanidine groups is 1. The first-order valence-corrected chi connectivity index (χ1v) is 15.1. The van der Waals surface area contributed by atoms with E-state index in [1.165, 1.54) is 7.11 Å². The standard InChI is InChI=1S/C29H29BrCl2N4O5/c1-38-24-11-16(7-10-21(24)30)28(37)41-35-29(33)36-17-8-9-18(36)13-19(12-17)39-14-20-26(34-40-27(20)15-5-6-15)25-22(31)3-2-4-23(25)32/h2-4,7,10-11,15,17-19H,5-6,8-9,12-14H2,1H3,(H2,33,35)/t17-,18+,19+. The van der Waals surface area contributed by atoms with E-state index in [1.54, 1.807) is 30.3 Å². The molecule has 2 N–H and O–H groups in total. The Morgan fingerprint density at radius 2 is 1.85 bits per heavy atom. The number of hydrogen-bond acceptors (Lipinski definition) is 7. The number of halogens is 3. The molecular formula is C29H29BrCl2N4O5. The highest BCUT2D eigenvalue weighted by Crippen LogP contribution is 2.46. The molecule has 3 aromatic rings. The minimum absolute atomic E-state index is 0.0193. The van der Waals surface area contributed by atoms with E-state index in [1.807, 2.05) is 6.07 Å². The fraction of sp³-hybridized carbons (Fsp3) is 0.414. The number of hydrogen-bond donors (Lipinski definition) is 1. The third-order valence-corrected chi connectivity index (χ3v) is 9.28. The maximum absolute atomic E-state index is 12.6. The number of methoxy groups -OCH3 is 1. The average molecular weight is 664 g/mol. The Bertz CT molecular complexity index is 1460. The van der Waals surface area contributed by atoms with E-state index in [0.717, 1.165) is 54.3 Å². The molecule has 3 fully saturated rings. The summed E-state index contributed by atoms with van der Waals surface area (Å²) in [5, 5.41) is 9.40. The molecule has 0 radical (unpaired) electrons. The summed E-state index contributed by atoms with van der Waals surface area (Å²) >= 11 is 16.4. The van der Waals surface area contributed by atoms with Crippen LogP contribution in [-0.2, 0) is 16.2 Å². The van der Waals surface area contributed by atoms with Crippen LogP contribution in [0.4, 0.5) is 0 Å². The van der Waals surface area contributed by atoms with E-state index in [0.29, 0.717) is 45.1 Å². The number of piperidine rings is 1. The van der Waals surface area contributed by atoms with Crippen molar-refractivity contribution in [2.75, 3.05) is 7.11 Å². The van der Waals surface area contributed by atoms with Crippen LogP contribution in [0.25, 0.3) is 11.3 Å². The number of nitrogens with zero attached hydrogens (tertiary/aromatic N) is 3. The fourth-order valence-electron chi connectivity index (χ4n) is 5.86. The van der Waals surface area contributed by atoms with Gasteiger partial charge in [0.1, 0.15) is 17.2 Å². The number of aromatic nitrogens is 1. The molecule has 0 unspecified atom stereocenters. The van der Waals surface area contributed by atoms with Gasteiger partial charge in [-0.15, -0.1) is 0 Å². The second-order valence-electron chi connectivity index (χ2n) is 10.6. The van der Waals surface area contributed by atoms with Crippen molar-refractivity contribution < 1.29 is 23.6 Å². The van der Waals surface area contributed by atoms with Crippen molar-refractivity contribution in [1.29, 1.82) is 0 Å². The molecule has 12 heteroatoms. The minimum atomic E-state index is -0.612. The smallest absolute Gasteiger partial charge is 0.366 e. The molecule has 1 aromatic heterocycles. The Labute approximate surface area is 256 Å². The van der Waals surface area contributed by atoms with Crippen LogP contribution in [0.2, 0.25) is 10.0 Å². The first-order valence-electron chi connectivity index (χ1n) is 13.5. The van der Waals surface area contributed by atoms with Crippen LogP contribution in [0.5, 0.6) is 5.75 Å². The van der Waals surface area contributed by atoms with Gasteiger partial charge in [0.2, 0.25) is 5.96 Å². The van der Waals surface area contributed by atoms with Crippen molar-refractivity contribution in [3.8, 4) is 17.0 Å². The second kappa shape index (κ2) is 11.8. The summed E-state index contributed by atoms with van der Waals surface area (Å²) in [6.45, 7) is 0.355. The highest BCUT2D eigenvalue weighted by molar-refractivity contribution is 9.10. The van der Waals surface area contributed by atoms with Gasteiger partial charge in [-0.05, 0) is 89.9 Å². The van der Waals surface area contributed by atoms with Gasteiger partial charge in [0, 0.05) is 29.1 Å². The SMILES string of the molecule is COc1cc(C(=O)O/N=C(\N)N2[C@@H]3CC[C@H]2C[C@@H](OCc2c(-c4c(Cl)cccc4Cl)noc2C2CC2)C3)ccc1Br. The Kier molecular flexibility index (Phi) is 8.18. The maximum atomic E-state index is 12.6. The summed E-state index contributed by atoms with van der Waals surface area (Å²) in [4.78, 5) is 19.8. The van der Waals surface area contributed by atoms with E-state index in [9.17, 15) is 4.79 Å². The Balaban J connectivity index is 1.12. The van der Waals surface area contributed by atoms with E-state index < -0.39 is 5.97 Å². The zero-order valence-electron chi connectivity index (χ0n) is 22.3. The Morgan fingerprint density at radius 1 is 1.15 bits per heavy atom. The highest BCUT2D eigenvalue weighted by Gasteiger charge is 2.43. The Hall–Kier alpha value is -2.79. The molecule has 2 aromatic carbocycles. The molecule has 2 saturated heterocycles. The van der Waals surface area contributed by atoms with Gasteiger partial charge in [-0.3, -0.25) is 0 Å². The van der Waals surface area contributed by atoms with Crippen molar-refractivity contribution in [3.63, 3.8) is 0 Å². The molecular weight excluding hydrogens is 635 g/mol. The van der Waals surface area contributed by atoms with Gasteiger partial charge in [0.25, 0.3) is 0 Å². The molecule has 0 amide bonds. The lowest BCUT2D eigenvalue weighted by Crippen LogP contribution is -2.51. The number of carbonyl (C=O) groups excluding carboxylic acids is 1. The van der Waals surface area contributed by atoms with Crippen molar-refractivity contribution in [2.45, 2.75) is 69.2 Å². The van der Waals surface area contributed by atoms with Crippen LogP contribution >= 0.6 is 39.1 Å². The molecule has 9 nitrogen and oxygen atoms in total. The van der Waals surface area contributed by atoms with E-state index >= 15 is 0 Å². The van der Waals surface area contributed by atoms with E-state index in [-0.39, 0.29) is 24.1 Å². The number of rotatable bonds is 8. The molecule has 216 valence electrons. The molecule has 41 heavy (non-hydrogen) atoms. The van der Waals surface area contributed by atoms with Gasteiger partial charge < -0.3 is 29.5 Å². The highest BCUT2D eigenvalue weighted by atomic mass is 79.9. The van der Waals surface area contributed by atoms with Crippen molar-refractivity contribution in [1.82, 2.24) is 10.1 Å². The number of benzene rings is 2. The summed E-state index contributed by atoms with van der Waals surface area (Å²) in [5.41, 5.74) is 8.86. The molecule has 0 spiro atoms. The van der Waals surface area contributed by atoms with Crippen LogP contribution in [0.3, 0.4) is 0 Å². The average Bonchev–Trinajstić information content (AvgIpc) is 3.67. The summed E-state index contributed by atoms with van der Waals surface area (Å²) < 4.78 is 18.3. The summed E-state index contributed by atoms with van der Waals surface area (Å²) in [6, 6.07) is 10.6. The van der Waals surface area contributed by atoms with Crippen LogP contribution in [0.1, 0.15) is 66.1 Å². The molecule has 3 heterocycles. The number of ether oxygens (including phenoxy) is 2. The lowest BCUT2D eigenvalue weighted by Gasteiger charge is -2.39. The van der Waals surface area contributed by atoms with Gasteiger partial charge in [-0.25, -0.2) is 4.79 Å². The van der Waals surface area contributed by atoms with Crippen LogP contribution < -0.4 is 10.5 Å². The predicted octanol–water partition coefficient (Wildman–Crippen LogP) is 6.90. The van der Waals surface area contributed by atoms with Gasteiger partial charge in [-0.2, -0.15) is 0 Å². The molecule has 2 bridgehead atoms. The van der Waals surface area contributed by atoms with Crippen LogP contribution in [0, 0.1) is 0 Å². The quantitative estimate of drug-likeness (QED) is 0.120. The zero-order chi connectivity index (χ0) is 28.7. The van der Waals surface area contributed by atoms with Crippen molar-refractivity contribution >= 4 is 51.1 Å². The molecule has 3 aliphatic rings. The zero-order valence-corrected chi connectivity index (χ0v) is 25.4.